The van der Waals surface area contributed by atoms with Crippen molar-refractivity contribution >= 4 is 15.5 Å². The van der Waals surface area contributed by atoms with E-state index in [2.05, 4.69) is 0 Å². The zero-order valence-electron chi connectivity index (χ0n) is 3.24. The van der Waals surface area contributed by atoms with Gasteiger partial charge in [-0.15, -0.1) is 0 Å². The van der Waals surface area contributed by atoms with Crippen LogP contribution in [-0.4, -0.2) is 27.0 Å². The Morgan fingerprint density at radius 2 is 1.43 bits per heavy atom. The van der Waals surface area contributed by atoms with Crippen molar-refractivity contribution in [1.82, 2.24) is 0 Å². The minimum atomic E-state index is -3.58. The maximum atomic E-state index is 8.81. The summed E-state index contributed by atoms with van der Waals surface area (Å²) in [4.78, 5) is 0. The monoisotopic (exact) mass is 158 g/mol. The molecule has 7 heavy (non-hydrogen) atoms. The normalized spacial score (nSPS) is 4.86. The van der Waals surface area contributed by atoms with Gasteiger partial charge in [0.15, 0.2) is 0 Å². The van der Waals surface area contributed by atoms with E-state index < -0.39 is 34.1 Å². The molecule has 40 valence electrons. The Morgan fingerprint density at radius 1 is 1.43 bits per heavy atom. The van der Waals surface area contributed by atoms with E-state index in [0.29, 0.717) is 0 Å². The first kappa shape index (κ1) is 10.5. The molecule has 0 bridgehead atoms. The topological polar surface area (TPSA) is 94.8 Å². The molecule has 7 heteroatoms. The van der Waals surface area contributed by atoms with Gasteiger partial charge in [-0.3, -0.25) is 0 Å². The molecule has 0 spiro atoms. The molecule has 0 atom stereocenters. The van der Waals surface area contributed by atoms with Gasteiger partial charge < -0.3 is 0 Å². The Morgan fingerprint density at radius 3 is 1.43 bits per heavy atom. The van der Waals surface area contributed by atoms with Crippen molar-refractivity contribution in [1.29, 1.82) is 0 Å². The van der Waals surface area contributed by atoms with Gasteiger partial charge in [-0.25, -0.2) is 0 Å². The van der Waals surface area contributed by atoms with Crippen LogP contribution < -0.4 is 0 Å². The summed E-state index contributed by atoms with van der Waals surface area (Å²) in [5.41, 5.74) is 0. The molecular weight excluding hydrogens is 155 g/mol. The van der Waals surface area contributed by atoms with Crippen molar-refractivity contribution < 1.29 is 37.3 Å². The van der Waals surface area contributed by atoms with Gasteiger partial charge in [0.05, 0.1) is 0 Å². The molecule has 0 unspecified atom stereocenters. The Hall–Kier alpha value is 0.567. The summed E-state index contributed by atoms with van der Waals surface area (Å²) in [7, 11) is 0. The van der Waals surface area contributed by atoms with Crippen LogP contribution in [0.5, 0.6) is 0 Å². The van der Waals surface area contributed by atoms with Gasteiger partial charge in [0.2, 0.25) is 0 Å². The summed E-state index contributed by atoms with van der Waals surface area (Å²) in [6, 6.07) is 0. The van der Waals surface area contributed by atoms with Crippen LogP contribution in [0.4, 0.5) is 0 Å². The van der Waals surface area contributed by atoms with Crippen molar-refractivity contribution in [3.8, 4) is 0 Å². The van der Waals surface area contributed by atoms with E-state index in [1.54, 1.807) is 0 Å². The molecule has 0 saturated carbocycles. The summed E-state index contributed by atoms with van der Waals surface area (Å²) in [6.07, 6.45) is 0. The Balaban J connectivity index is 0. The number of rotatable bonds is 0. The third-order valence-electron chi connectivity index (χ3n) is 0. The van der Waals surface area contributed by atoms with Crippen molar-refractivity contribution in [2.75, 3.05) is 0 Å². The van der Waals surface area contributed by atoms with Gasteiger partial charge in [-0.05, 0) is 0 Å². The van der Waals surface area contributed by atoms with Gasteiger partial charge in [0.25, 0.3) is 0 Å². The van der Waals surface area contributed by atoms with Crippen LogP contribution in [0, 0.1) is 0 Å². The minimum absolute atomic E-state index is 1.50. The Bertz CT molecular complexity index is 55.1. The molecule has 3 N–H and O–H groups in total. The van der Waals surface area contributed by atoms with E-state index in [-0.39, 0.29) is 0 Å². The van der Waals surface area contributed by atoms with Crippen molar-refractivity contribution in [2.24, 2.45) is 0 Å². The zero-order chi connectivity index (χ0) is 6.28. The first-order chi connectivity index (χ1) is 3.15. The van der Waals surface area contributed by atoms with Crippen LogP contribution in [0.1, 0.15) is 0 Å². The predicted octanol–water partition coefficient (Wildman–Crippen LogP) is -2.29. The second-order valence-corrected chi connectivity index (χ2v) is 1.48. The fraction of sp³-hybridized carbons (Fsp3) is 0. The molecular formula is H3AlO5Ti. The van der Waals surface area contributed by atoms with Crippen LogP contribution in [0.3, 0.4) is 0 Å². The molecule has 0 aromatic carbocycles. The fourth-order valence-electron chi connectivity index (χ4n) is 0. The Kier molecular flexibility index (Phi) is 14.7. The molecule has 0 radical (unpaired) electrons. The van der Waals surface area contributed by atoms with Gasteiger partial charge in [-0.2, -0.15) is 0 Å². The molecule has 0 aliphatic rings. The number of hydrogen-bond donors (Lipinski definition) is 3. The molecule has 0 rings (SSSR count). The quantitative estimate of drug-likeness (QED) is 0.345. The van der Waals surface area contributed by atoms with E-state index in [1.165, 1.54) is 0 Å². The third-order valence-corrected chi connectivity index (χ3v) is 0. The molecule has 0 aromatic heterocycles. The SMILES string of the molecule is [O]=[Al][OH].[O]=[Ti]([OH])[OH]. The van der Waals surface area contributed by atoms with Gasteiger partial charge in [0, 0.05) is 0 Å². The molecule has 0 heterocycles. The van der Waals surface area contributed by atoms with Crippen molar-refractivity contribution in [2.45, 2.75) is 0 Å². The first-order valence-corrected chi connectivity index (χ1v) is 4.17. The average Bonchev–Trinajstić information content (AvgIpc) is 1.33. The first-order valence-electron chi connectivity index (χ1n) is 1.15. The molecule has 0 aliphatic carbocycles. The van der Waals surface area contributed by atoms with Crippen LogP contribution >= 0.6 is 0 Å². The maximum absolute atomic E-state index is 8.81. The van der Waals surface area contributed by atoms with Gasteiger partial charge in [0.1, 0.15) is 0 Å². The van der Waals surface area contributed by atoms with E-state index >= 15 is 0 Å². The van der Waals surface area contributed by atoms with Crippen LogP contribution in [0.15, 0.2) is 0 Å². The molecule has 5 nitrogen and oxygen atoms in total. The third kappa shape index (κ3) is 426. The van der Waals surface area contributed by atoms with Gasteiger partial charge >= 0.3 is 52.8 Å². The standard InChI is InChI=1S/Al.3H2O.2O.Ti/h;3*1H2;;;/q+1;;;;;;+2/p-3. The van der Waals surface area contributed by atoms with E-state index in [1.807, 2.05) is 0 Å². The van der Waals surface area contributed by atoms with Crippen molar-refractivity contribution in [3.63, 3.8) is 0 Å². The Labute approximate surface area is 53.0 Å². The zero-order valence-corrected chi connectivity index (χ0v) is 5.95. The van der Waals surface area contributed by atoms with Crippen molar-refractivity contribution in [3.05, 3.63) is 0 Å². The second-order valence-electron chi connectivity index (χ2n) is 0.388. The summed E-state index contributed by atoms with van der Waals surface area (Å²) >= 11 is -5.08. The fourth-order valence-corrected chi connectivity index (χ4v) is 0. The van der Waals surface area contributed by atoms with Crippen LogP contribution in [-0.2, 0) is 25.7 Å². The molecule has 0 aliphatic heterocycles. The summed E-state index contributed by atoms with van der Waals surface area (Å²) in [5, 5.41) is 0. The molecule has 0 fully saturated rings. The average molecular weight is 158 g/mol. The van der Waals surface area contributed by atoms with Crippen LogP contribution in [0.25, 0.3) is 0 Å². The molecule has 0 saturated heterocycles. The van der Waals surface area contributed by atoms with E-state index in [4.69, 9.17) is 18.7 Å². The predicted molar refractivity (Wildman–Crippen MR) is 13.8 cm³/mol. The van der Waals surface area contributed by atoms with Crippen LogP contribution in [0.2, 0.25) is 0 Å². The molecule has 0 amide bonds. The van der Waals surface area contributed by atoms with Gasteiger partial charge in [-0.1, -0.05) is 0 Å². The summed E-state index contributed by atoms with van der Waals surface area (Å²) in [5.74, 6) is 0. The van der Waals surface area contributed by atoms with E-state index in [0.717, 1.165) is 0 Å². The summed E-state index contributed by atoms with van der Waals surface area (Å²) in [6.45, 7) is 0. The molecule has 0 aromatic rings. The van der Waals surface area contributed by atoms with E-state index in [9.17, 15) is 0 Å². The summed E-state index contributed by atoms with van der Waals surface area (Å²) < 4.78 is 38.9. The second kappa shape index (κ2) is 9.76. The number of hydrogen-bond acceptors (Lipinski definition) is 2.